The summed E-state index contributed by atoms with van der Waals surface area (Å²) in [5.74, 6) is -0.558. The van der Waals surface area contributed by atoms with Gasteiger partial charge in [0.2, 0.25) is 5.88 Å². The van der Waals surface area contributed by atoms with Crippen LogP contribution in [0.25, 0.3) is 0 Å². The minimum absolute atomic E-state index is 0. The molecule has 0 aromatic heterocycles. The van der Waals surface area contributed by atoms with Gasteiger partial charge in [0.25, 0.3) is 0 Å². The molecule has 1 fully saturated rings. The van der Waals surface area contributed by atoms with Gasteiger partial charge in [-0.05, 0) is 0 Å². The fraction of sp³-hybridized carbons (Fsp3) is 0.600. The molecule has 0 spiro atoms. The van der Waals surface area contributed by atoms with Gasteiger partial charge in [0, 0.05) is 0 Å². The molecule has 4 N–H and O–H groups in total. The molecule has 0 aromatic rings. The molecule has 13 nitrogen and oxygen atoms in total. The van der Waals surface area contributed by atoms with Crippen LogP contribution in [-0.4, -0.2) is 80.4 Å². The number of hydrogen-bond donors (Lipinski definition) is 4. The third-order valence-corrected chi connectivity index (χ3v) is 4.01. The van der Waals surface area contributed by atoms with Gasteiger partial charge in [-0.1, -0.05) is 0 Å². The number of aliphatic hydroxyl groups excluding tert-OH is 4. The van der Waals surface area contributed by atoms with E-state index < -0.39 is 51.0 Å². The number of rotatable bonds is 4. The smallest absolute Gasteiger partial charge is 0.788 e. The Balaban J connectivity index is 0.00000169. The van der Waals surface area contributed by atoms with E-state index in [9.17, 15) is 29.7 Å². The summed E-state index contributed by atoms with van der Waals surface area (Å²) in [4.78, 5) is 30.1. The molecule has 0 saturated carbocycles. The van der Waals surface area contributed by atoms with Crippen LogP contribution in [0, 0.1) is 0 Å². The largest absolute Gasteiger partial charge is 1.00 e. The summed E-state index contributed by atoms with van der Waals surface area (Å²) < 4.78 is 20.4. The molecule has 1 saturated heterocycles. The maximum atomic E-state index is 10.9. The number of hydroxylamine groups is 2. The zero-order valence-corrected chi connectivity index (χ0v) is 18.7. The quantitative estimate of drug-likeness (QED) is 0.254. The fourth-order valence-corrected chi connectivity index (χ4v) is 2.94. The molecular formula is C10H13N4Na2O9P. The average Bonchev–Trinajstić information content (AvgIpc) is 3.05. The number of fused-ring (bicyclic) bond motifs is 1. The molecule has 3 aliphatic rings. The Morgan fingerprint density at radius 2 is 1.88 bits per heavy atom. The number of phosphoric acid groups is 1. The molecule has 3 rings (SSSR count). The SMILES string of the molecule is O=P([O-])([O-])ON1C=NC(O)=C2N=CN(C3OC(CO)C(O)C3O)C21.[Na+].[Na+]. The molecule has 16 heteroatoms. The Morgan fingerprint density at radius 3 is 2.42 bits per heavy atom. The normalized spacial score (nSPS) is 33.2. The number of ether oxygens (including phenoxy) is 1. The minimum Gasteiger partial charge on any atom is -0.788 e. The van der Waals surface area contributed by atoms with Gasteiger partial charge in [-0.15, -0.1) is 0 Å². The van der Waals surface area contributed by atoms with Gasteiger partial charge in [0.15, 0.2) is 12.4 Å². The molecule has 5 atom stereocenters. The summed E-state index contributed by atoms with van der Waals surface area (Å²) in [5, 5.41) is 39.2. The second-order valence-corrected chi connectivity index (χ2v) is 6.19. The summed E-state index contributed by atoms with van der Waals surface area (Å²) in [7, 11) is -5.45. The number of hydrogen-bond acceptors (Lipinski definition) is 13. The Morgan fingerprint density at radius 1 is 1.23 bits per heavy atom. The van der Waals surface area contributed by atoms with Crippen LogP contribution in [0.15, 0.2) is 21.6 Å². The Labute approximate surface area is 191 Å². The van der Waals surface area contributed by atoms with Crippen LogP contribution in [0.1, 0.15) is 0 Å². The van der Waals surface area contributed by atoms with E-state index >= 15 is 0 Å². The van der Waals surface area contributed by atoms with Crippen molar-refractivity contribution in [2.75, 3.05) is 6.61 Å². The first-order valence-electron chi connectivity index (χ1n) is 6.64. The van der Waals surface area contributed by atoms with Gasteiger partial charge in [-0.2, -0.15) is 0 Å². The second-order valence-electron chi connectivity index (χ2n) is 5.14. The first kappa shape index (κ1) is 24.5. The first-order chi connectivity index (χ1) is 11.2. The Bertz CT molecular complexity index is 658. The third-order valence-electron chi connectivity index (χ3n) is 3.63. The van der Waals surface area contributed by atoms with E-state index in [4.69, 9.17) is 9.84 Å². The monoisotopic (exact) mass is 410 g/mol. The summed E-state index contributed by atoms with van der Waals surface area (Å²) in [6.07, 6.45) is -4.70. The molecule has 5 unspecified atom stereocenters. The zero-order valence-electron chi connectivity index (χ0n) is 13.8. The van der Waals surface area contributed by atoms with E-state index in [1.807, 2.05) is 0 Å². The van der Waals surface area contributed by atoms with Crippen LogP contribution in [0.5, 0.6) is 0 Å². The molecular weight excluding hydrogens is 397 g/mol. The van der Waals surface area contributed by atoms with Gasteiger partial charge in [-0.25, -0.2) is 19.7 Å². The van der Waals surface area contributed by atoms with Crippen LogP contribution in [0.2, 0.25) is 0 Å². The molecule has 0 aromatic carbocycles. The van der Waals surface area contributed by atoms with Crippen molar-refractivity contribution in [2.45, 2.75) is 30.7 Å². The van der Waals surface area contributed by atoms with Crippen molar-refractivity contribution in [1.82, 2.24) is 9.96 Å². The Kier molecular flexibility index (Phi) is 8.74. The number of aliphatic imine (C=N–C) groups is 2. The molecule has 26 heavy (non-hydrogen) atoms. The van der Waals surface area contributed by atoms with Crippen molar-refractivity contribution in [2.24, 2.45) is 9.98 Å². The van der Waals surface area contributed by atoms with Crippen LogP contribution < -0.4 is 68.9 Å². The van der Waals surface area contributed by atoms with Crippen molar-refractivity contribution in [3.05, 3.63) is 11.6 Å². The van der Waals surface area contributed by atoms with E-state index in [0.717, 1.165) is 17.6 Å². The van der Waals surface area contributed by atoms with Gasteiger partial charge >= 0.3 is 59.1 Å². The second kappa shape index (κ2) is 9.29. The molecule has 0 amide bonds. The molecule has 0 radical (unpaired) electrons. The Hall–Kier alpha value is 0.430. The topological polar surface area (TPSA) is 194 Å². The van der Waals surface area contributed by atoms with Crippen molar-refractivity contribution in [1.29, 1.82) is 0 Å². The minimum atomic E-state index is -5.45. The molecule has 3 heterocycles. The van der Waals surface area contributed by atoms with Crippen LogP contribution in [-0.2, 0) is 13.9 Å². The van der Waals surface area contributed by atoms with Crippen molar-refractivity contribution in [3.8, 4) is 0 Å². The van der Waals surface area contributed by atoms with E-state index in [1.54, 1.807) is 0 Å². The summed E-state index contributed by atoms with van der Waals surface area (Å²) in [6, 6.07) is 0. The van der Waals surface area contributed by atoms with Crippen molar-refractivity contribution < 1.29 is 103 Å². The van der Waals surface area contributed by atoms with Gasteiger partial charge < -0.3 is 44.4 Å². The summed E-state index contributed by atoms with van der Waals surface area (Å²) >= 11 is 0. The van der Waals surface area contributed by atoms with E-state index in [2.05, 4.69) is 14.6 Å². The van der Waals surface area contributed by atoms with Crippen molar-refractivity contribution in [3.63, 3.8) is 0 Å². The molecule has 3 aliphatic heterocycles. The van der Waals surface area contributed by atoms with Crippen molar-refractivity contribution >= 4 is 20.5 Å². The van der Waals surface area contributed by atoms with Crippen LogP contribution in [0.4, 0.5) is 0 Å². The standard InChI is InChI=1S/C10H15N4O9P.2Na/c15-1-4-6(16)7(17)10(22-4)13-2-11-5-8(18)12-3-14(9(5)13)23-24(19,20)21;;/h2-4,6-7,9-10,15-18H,1H2,(H2,19,20,21);;/q;2*+1/p-2. The van der Waals surface area contributed by atoms with E-state index in [0.29, 0.717) is 5.06 Å². The summed E-state index contributed by atoms with van der Waals surface area (Å²) in [6.45, 7) is -0.573. The summed E-state index contributed by atoms with van der Waals surface area (Å²) in [5.41, 5.74) is -0.163. The average molecular weight is 410 g/mol. The predicted molar refractivity (Wildman–Crippen MR) is 70.6 cm³/mol. The predicted octanol–water partition coefficient (Wildman–Crippen LogP) is -10.1. The van der Waals surface area contributed by atoms with E-state index in [-0.39, 0.29) is 64.8 Å². The maximum absolute atomic E-state index is 10.9. The molecule has 134 valence electrons. The number of nitrogens with zero attached hydrogens (tertiary/aromatic N) is 4. The van der Waals surface area contributed by atoms with Gasteiger partial charge in [0.1, 0.15) is 30.3 Å². The third kappa shape index (κ3) is 4.70. The van der Waals surface area contributed by atoms with Gasteiger partial charge in [-0.3, -0.25) is 0 Å². The number of aliphatic hydroxyl groups is 4. The molecule has 0 bridgehead atoms. The maximum Gasteiger partial charge on any atom is 1.00 e. The van der Waals surface area contributed by atoms with Gasteiger partial charge in [0.05, 0.1) is 20.8 Å². The molecule has 0 aliphatic carbocycles. The zero-order chi connectivity index (χ0) is 17.6. The fourth-order valence-electron chi connectivity index (χ4n) is 2.58. The first-order valence-corrected chi connectivity index (χ1v) is 8.10. The van der Waals surface area contributed by atoms with Crippen LogP contribution >= 0.6 is 7.82 Å². The van der Waals surface area contributed by atoms with E-state index in [1.165, 1.54) is 0 Å². The van der Waals surface area contributed by atoms with Crippen LogP contribution in [0.3, 0.4) is 0 Å².